The summed E-state index contributed by atoms with van der Waals surface area (Å²) in [6, 6.07) is 5.68. The van der Waals surface area contributed by atoms with Gasteiger partial charge in [-0.3, -0.25) is 10.1 Å². The fourth-order valence-electron chi connectivity index (χ4n) is 2.01. The van der Waals surface area contributed by atoms with Crippen molar-refractivity contribution < 1.29 is 23.9 Å². The Hall–Kier alpha value is -2.33. The van der Waals surface area contributed by atoms with Crippen molar-refractivity contribution in [1.29, 1.82) is 0 Å². The summed E-state index contributed by atoms with van der Waals surface area (Å²) >= 11 is 6.09. The minimum absolute atomic E-state index is 0.0626. The molecule has 0 unspecified atom stereocenters. The first-order valence-corrected chi connectivity index (χ1v) is 8.72. The lowest BCUT2D eigenvalue weighted by atomic mass is 10.3. The van der Waals surface area contributed by atoms with Crippen molar-refractivity contribution >= 4 is 51.9 Å². The Bertz CT molecular complexity index is 683. The number of amides is 3. The van der Waals surface area contributed by atoms with Gasteiger partial charge in [-0.25, -0.2) is 9.59 Å². The molecule has 1 atom stereocenters. The van der Waals surface area contributed by atoms with Gasteiger partial charge in [0.05, 0.1) is 25.2 Å². The lowest BCUT2D eigenvalue weighted by Gasteiger charge is -2.11. The third-order valence-corrected chi connectivity index (χ3v) is 4.43. The van der Waals surface area contributed by atoms with E-state index in [1.165, 1.54) is 7.11 Å². The Labute approximate surface area is 154 Å². The molecule has 0 bridgehead atoms. The molecule has 134 valence electrons. The van der Waals surface area contributed by atoms with Crippen LogP contribution in [0.2, 0.25) is 0 Å². The molecule has 3 N–H and O–H groups in total. The summed E-state index contributed by atoms with van der Waals surface area (Å²) in [5.74, 6) is -0.458. The highest BCUT2D eigenvalue weighted by molar-refractivity contribution is 8.23. The summed E-state index contributed by atoms with van der Waals surface area (Å²) in [5, 5.41) is 7.54. The molecule has 0 radical (unpaired) electrons. The molecule has 0 saturated carbocycles. The molecule has 25 heavy (non-hydrogen) atoms. The molecule has 10 heteroatoms. The highest BCUT2D eigenvalue weighted by atomic mass is 32.2. The van der Waals surface area contributed by atoms with E-state index in [4.69, 9.17) is 21.7 Å². The number of thioether (sulfide) groups is 1. The van der Waals surface area contributed by atoms with E-state index in [2.05, 4.69) is 16.0 Å². The highest BCUT2D eigenvalue weighted by Gasteiger charge is 2.27. The number of rotatable bonds is 5. The number of urea groups is 1. The van der Waals surface area contributed by atoms with Crippen molar-refractivity contribution in [1.82, 2.24) is 10.6 Å². The summed E-state index contributed by atoms with van der Waals surface area (Å²) in [5.41, 5.74) is 0.444. The third kappa shape index (κ3) is 5.91. The minimum Gasteiger partial charge on any atom is -0.495 e. The number of benzene rings is 1. The molecule has 0 aliphatic carbocycles. The maximum Gasteiger partial charge on any atom is 0.328 e. The van der Waals surface area contributed by atoms with Gasteiger partial charge < -0.3 is 20.1 Å². The number of carbonyl (C=O) groups is 3. The predicted molar refractivity (Wildman–Crippen MR) is 97.7 cm³/mol. The summed E-state index contributed by atoms with van der Waals surface area (Å²) in [6.07, 6.45) is 0.535. The van der Waals surface area contributed by atoms with Gasteiger partial charge in [0, 0.05) is 6.42 Å². The van der Waals surface area contributed by atoms with Gasteiger partial charge in [-0.05, 0) is 12.1 Å². The Morgan fingerprint density at radius 1 is 1.40 bits per heavy atom. The number of anilines is 1. The zero-order chi connectivity index (χ0) is 18.2. The molecule has 1 heterocycles. The molecule has 3 amide bonds. The maximum atomic E-state index is 11.8. The molecule has 8 nitrogen and oxygen atoms in total. The molecule has 1 aromatic rings. The number of ether oxygens (including phenoxy) is 2. The second-order valence-corrected chi connectivity index (χ2v) is 6.58. The minimum atomic E-state index is -0.673. The van der Waals surface area contributed by atoms with Crippen LogP contribution in [0.25, 0.3) is 0 Å². The van der Waals surface area contributed by atoms with E-state index in [0.29, 0.717) is 28.8 Å². The second kappa shape index (κ2) is 9.23. The van der Waals surface area contributed by atoms with Crippen LogP contribution in [0.3, 0.4) is 0 Å². The monoisotopic (exact) mass is 383 g/mol. The van der Waals surface area contributed by atoms with Crippen LogP contribution in [0.5, 0.6) is 5.75 Å². The van der Waals surface area contributed by atoms with Crippen LogP contribution in [0, 0.1) is 0 Å². The third-order valence-electron chi connectivity index (χ3n) is 3.17. The number of thiocarbonyl (C=S) groups is 1. The molecule has 1 aliphatic rings. The largest absolute Gasteiger partial charge is 0.495 e. The lowest BCUT2D eigenvalue weighted by Crippen LogP contribution is -2.38. The van der Waals surface area contributed by atoms with E-state index in [0.717, 1.165) is 11.8 Å². The SMILES string of the molecule is COc1ccccc1NC(=O)NC(=O)CSC(=S)N[C@H]1CCOC1=O. The molecule has 1 fully saturated rings. The summed E-state index contributed by atoms with van der Waals surface area (Å²) in [6.45, 7) is 0.355. The highest BCUT2D eigenvalue weighted by Crippen LogP contribution is 2.22. The van der Waals surface area contributed by atoms with Gasteiger partial charge in [0.2, 0.25) is 5.91 Å². The van der Waals surface area contributed by atoms with Crippen LogP contribution >= 0.6 is 24.0 Å². The number of cyclic esters (lactones) is 1. The van der Waals surface area contributed by atoms with Gasteiger partial charge in [-0.1, -0.05) is 36.1 Å². The van der Waals surface area contributed by atoms with E-state index in [1.54, 1.807) is 24.3 Å². The van der Waals surface area contributed by atoms with E-state index < -0.39 is 18.0 Å². The Kier molecular flexibility index (Phi) is 7.02. The predicted octanol–water partition coefficient (Wildman–Crippen LogP) is 1.27. The molecule has 0 aromatic heterocycles. The zero-order valence-corrected chi connectivity index (χ0v) is 15.0. The van der Waals surface area contributed by atoms with E-state index in [1.807, 2.05) is 0 Å². The number of para-hydroxylation sites is 2. The Morgan fingerprint density at radius 3 is 2.84 bits per heavy atom. The number of methoxy groups -OCH3 is 1. The average molecular weight is 383 g/mol. The van der Waals surface area contributed by atoms with Gasteiger partial charge in [0.25, 0.3) is 0 Å². The lowest BCUT2D eigenvalue weighted by molar-refractivity contribution is -0.139. The molecule has 1 aliphatic heterocycles. The zero-order valence-electron chi connectivity index (χ0n) is 13.4. The smallest absolute Gasteiger partial charge is 0.328 e. The molecule has 0 spiro atoms. The fraction of sp³-hybridized carbons (Fsp3) is 0.333. The number of imide groups is 1. The Morgan fingerprint density at radius 2 is 2.16 bits per heavy atom. The van der Waals surface area contributed by atoms with Crippen molar-refractivity contribution in [2.45, 2.75) is 12.5 Å². The number of hydrogen-bond acceptors (Lipinski definition) is 7. The second-order valence-electron chi connectivity index (χ2n) is 4.93. The standard InChI is InChI=1S/C15H17N3O5S2/c1-22-11-5-3-2-4-9(11)16-14(21)18-12(19)8-25-15(24)17-10-6-7-23-13(10)20/h2-5,10H,6-8H2,1H3,(H,17,24)(H2,16,18,19,21)/t10-/m0/s1. The van der Waals surface area contributed by atoms with Crippen LogP contribution < -0.4 is 20.7 Å². The van der Waals surface area contributed by atoms with Crippen LogP contribution in [0.4, 0.5) is 10.5 Å². The van der Waals surface area contributed by atoms with Gasteiger partial charge in [-0.15, -0.1) is 0 Å². The number of esters is 1. The topological polar surface area (TPSA) is 106 Å². The van der Waals surface area contributed by atoms with Gasteiger partial charge in [-0.2, -0.15) is 0 Å². The molecule has 1 aromatic carbocycles. The molecule has 2 rings (SSSR count). The van der Waals surface area contributed by atoms with Crippen molar-refractivity contribution in [2.75, 3.05) is 24.8 Å². The average Bonchev–Trinajstić information content (AvgIpc) is 2.98. The summed E-state index contributed by atoms with van der Waals surface area (Å²) in [4.78, 5) is 35.0. The maximum absolute atomic E-state index is 11.8. The van der Waals surface area contributed by atoms with E-state index in [9.17, 15) is 14.4 Å². The van der Waals surface area contributed by atoms with Crippen LogP contribution in [0.15, 0.2) is 24.3 Å². The first-order valence-electron chi connectivity index (χ1n) is 7.33. The number of carbonyl (C=O) groups excluding carboxylic acids is 3. The Balaban J connectivity index is 1.73. The number of nitrogens with one attached hydrogen (secondary N) is 3. The summed E-state index contributed by atoms with van der Waals surface area (Å²) in [7, 11) is 1.48. The quantitative estimate of drug-likeness (QED) is 0.516. The van der Waals surface area contributed by atoms with Gasteiger partial charge >= 0.3 is 12.0 Å². The van der Waals surface area contributed by atoms with Gasteiger partial charge in [0.15, 0.2) is 0 Å². The normalized spacial score (nSPS) is 15.9. The van der Waals surface area contributed by atoms with Crippen LogP contribution in [-0.4, -0.2) is 47.7 Å². The first kappa shape index (κ1) is 19.0. The van der Waals surface area contributed by atoms with Crippen molar-refractivity contribution in [3.05, 3.63) is 24.3 Å². The molecular weight excluding hydrogens is 366 g/mol. The van der Waals surface area contributed by atoms with E-state index >= 15 is 0 Å². The molecule has 1 saturated heterocycles. The first-order chi connectivity index (χ1) is 12.0. The van der Waals surface area contributed by atoms with E-state index in [-0.39, 0.29) is 11.7 Å². The summed E-state index contributed by atoms with van der Waals surface area (Å²) < 4.78 is 10.2. The van der Waals surface area contributed by atoms with Gasteiger partial charge in [0.1, 0.15) is 16.1 Å². The molecular formula is C15H17N3O5S2. The van der Waals surface area contributed by atoms with Crippen molar-refractivity contribution in [3.63, 3.8) is 0 Å². The van der Waals surface area contributed by atoms with Crippen molar-refractivity contribution in [3.8, 4) is 5.75 Å². The fourth-order valence-corrected chi connectivity index (χ4v) is 2.89. The van der Waals surface area contributed by atoms with Crippen molar-refractivity contribution in [2.24, 2.45) is 0 Å². The van der Waals surface area contributed by atoms with Crippen LogP contribution in [-0.2, 0) is 14.3 Å². The van der Waals surface area contributed by atoms with Crippen LogP contribution in [0.1, 0.15) is 6.42 Å². The number of hydrogen-bond donors (Lipinski definition) is 3.